The van der Waals surface area contributed by atoms with Gasteiger partial charge in [0.2, 0.25) is 11.8 Å². The first-order valence-corrected chi connectivity index (χ1v) is 9.00. The Balaban J connectivity index is 1.47. The van der Waals surface area contributed by atoms with Crippen LogP contribution in [0.3, 0.4) is 0 Å². The van der Waals surface area contributed by atoms with Gasteiger partial charge in [-0.15, -0.1) is 11.8 Å². The fourth-order valence-electron chi connectivity index (χ4n) is 2.61. The standard InChI is InChI=1S/C19H20N2O3S/c1-24-14-8-6-13(7-9-14)10-11-20-18(22)12-17-19(23)21-15-4-2-3-5-16(15)25-17/h2-9,17H,10-12H2,1H3,(H,20,22)(H,21,23)/t17-/m1/s1. The Morgan fingerprint density at radius 2 is 1.96 bits per heavy atom. The molecule has 0 spiro atoms. The number of carbonyl (C=O) groups is 2. The SMILES string of the molecule is COc1ccc(CCNC(=O)C[C@H]2Sc3ccccc3NC2=O)cc1. The van der Waals surface area contributed by atoms with E-state index >= 15 is 0 Å². The summed E-state index contributed by atoms with van der Waals surface area (Å²) in [6.07, 6.45) is 0.913. The van der Waals surface area contributed by atoms with Crippen molar-refractivity contribution in [2.75, 3.05) is 19.0 Å². The molecule has 1 aliphatic rings. The zero-order valence-corrected chi connectivity index (χ0v) is 14.8. The number of amides is 2. The molecule has 0 saturated heterocycles. The number of methoxy groups -OCH3 is 1. The lowest BCUT2D eigenvalue weighted by Crippen LogP contribution is -2.35. The van der Waals surface area contributed by atoms with Crippen molar-refractivity contribution in [1.82, 2.24) is 5.32 Å². The molecule has 25 heavy (non-hydrogen) atoms. The van der Waals surface area contributed by atoms with Crippen molar-refractivity contribution < 1.29 is 14.3 Å². The number of carbonyl (C=O) groups excluding carboxylic acids is 2. The molecular weight excluding hydrogens is 336 g/mol. The number of hydrogen-bond donors (Lipinski definition) is 2. The van der Waals surface area contributed by atoms with E-state index in [9.17, 15) is 9.59 Å². The molecule has 0 aliphatic carbocycles. The summed E-state index contributed by atoms with van der Waals surface area (Å²) in [4.78, 5) is 25.3. The van der Waals surface area contributed by atoms with E-state index in [1.54, 1.807) is 7.11 Å². The Kier molecular flexibility index (Phi) is 5.60. The lowest BCUT2D eigenvalue weighted by Gasteiger charge is -2.23. The topological polar surface area (TPSA) is 67.4 Å². The first-order chi connectivity index (χ1) is 12.2. The summed E-state index contributed by atoms with van der Waals surface area (Å²) in [6, 6.07) is 15.4. The third kappa shape index (κ3) is 4.54. The van der Waals surface area contributed by atoms with E-state index in [1.165, 1.54) is 11.8 Å². The van der Waals surface area contributed by atoms with Crippen molar-refractivity contribution in [3.8, 4) is 5.75 Å². The normalized spacial score (nSPS) is 15.9. The highest BCUT2D eigenvalue weighted by molar-refractivity contribution is 8.01. The van der Waals surface area contributed by atoms with Crippen molar-refractivity contribution in [2.45, 2.75) is 23.0 Å². The van der Waals surface area contributed by atoms with Crippen LogP contribution in [0.5, 0.6) is 5.75 Å². The number of benzene rings is 2. The lowest BCUT2D eigenvalue weighted by atomic mass is 10.1. The third-order valence-electron chi connectivity index (χ3n) is 3.97. The van der Waals surface area contributed by atoms with Gasteiger partial charge in [-0.25, -0.2) is 0 Å². The molecule has 0 unspecified atom stereocenters. The quantitative estimate of drug-likeness (QED) is 0.835. The molecule has 6 heteroatoms. The second-order valence-corrected chi connectivity index (χ2v) is 6.99. The molecular formula is C19H20N2O3S. The zero-order valence-electron chi connectivity index (χ0n) is 14.0. The predicted octanol–water partition coefficient (Wildman–Crippen LogP) is 2.86. The Morgan fingerprint density at radius 1 is 1.20 bits per heavy atom. The average Bonchev–Trinajstić information content (AvgIpc) is 2.63. The van der Waals surface area contributed by atoms with Gasteiger partial charge in [0.25, 0.3) is 0 Å². The van der Waals surface area contributed by atoms with Crippen molar-refractivity contribution in [3.63, 3.8) is 0 Å². The van der Waals surface area contributed by atoms with E-state index in [0.29, 0.717) is 6.54 Å². The van der Waals surface area contributed by atoms with Crippen LogP contribution in [0, 0.1) is 0 Å². The number of hydrogen-bond acceptors (Lipinski definition) is 4. The van der Waals surface area contributed by atoms with Crippen molar-refractivity contribution in [1.29, 1.82) is 0 Å². The van der Waals surface area contributed by atoms with Gasteiger partial charge in [0.15, 0.2) is 0 Å². The van der Waals surface area contributed by atoms with Crippen LogP contribution in [0.15, 0.2) is 53.4 Å². The van der Waals surface area contributed by atoms with E-state index < -0.39 is 5.25 Å². The molecule has 130 valence electrons. The summed E-state index contributed by atoms with van der Waals surface area (Å²) in [5.41, 5.74) is 1.94. The Hall–Kier alpha value is -2.47. The molecule has 0 bridgehead atoms. The molecule has 2 aromatic rings. The molecule has 0 fully saturated rings. The number of para-hydroxylation sites is 1. The maximum atomic E-state index is 12.1. The van der Waals surface area contributed by atoms with E-state index in [4.69, 9.17) is 4.74 Å². The molecule has 1 atom stereocenters. The van der Waals surface area contributed by atoms with E-state index in [2.05, 4.69) is 10.6 Å². The molecule has 0 saturated carbocycles. The summed E-state index contributed by atoms with van der Waals surface area (Å²) in [7, 11) is 1.63. The number of thioether (sulfide) groups is 1. The number of ether oxygens (including phenoxy) is 1. The number of rotatable bonds is 6. The van der Waals surface area contributed by atoms with Gasteiger partial charge in [0.05, 0.1) is 18.0 Å². The molecule has 3 rings (SSSR count). The molecule has 2 N–H and O–H groups in total. The second-order valence-electron chi connectivity index (χ2n) is 5.74. The minimum absolute atomic E-state index is 0.111. The highest BCUT2D eigenvalue weighted by Crippen LogP contribution is 2.36. The largest absolute Gasteiger partial charge is 0.497 e. The molecule has 2 amide bonds. The summed E-state index contributed by atoms with van der Waals surface area (Å²) >= 11 is 1.44. The van der Waals surface area contributed by atoms with Crippen LogP contribution in [-0.2, 0) is 16.0 Å². The van der Waals surface area contributed by atoms with E-state index in [-0.39, 0.29) is 18.2 Å². The van der Waals surface area contributed by atoms with Crippen LogP contribution < -0.4 is 15.4 Å². The summed E-state index contributed by atoms with van der Waals surface area (Å²) in [5.74, 6) is 0.586. The average molecular weight is 356 g/mol. The van der Waals surface area contributed by atoms with Gasteiger partial charge in [-0.05, 0) is 36.2 Å². The van der Waals surface area contributed by atoms with E-state index in [1.807, 2.05) is 48.5 Å². The van der Waals surface area contributed by atoms with Crippen LogP contribution in [-0.4, -0.2) is 30.7 Å². The Morgan fingerprint density at radius 3 is 2.72 bits per heavy atom. The molecule has 0 radical (unpaired) electrons. The first-order valence-electron chi connectivity index (χ1n) is 8.12. The van der Waals surface area contributed by atoms with Crippen LogP contribution in [0.1, 0.15) is 12.0 Å². The maximum Gasteiger partial charge on any atom is 0.238 e. The van der Waals surface area contributed by atoms with Gasteiger partial charge in [0.1, 0.15) is 5.75 Å². The predicted molar refractivity (Wildman–Crippen MR) is 99.0 cm³/mol. The second kappa shape index (κ2) is 8.07. The van der Waals surface area contributed by atoms with E-state index in [0.717, 1.165) is 28.3 Å². The Bertz CT molecular complexity index is 762. The first kappa shape index (κ1) is 17.4. The number of nitrogens with one attached hydrogen (secondary N) is 2. The summed E-state index contributed by atoms with van der Waals surface area (Å²) in [5, 5.41) is 5.35. The molecule has 5 nitrogen and oxygen atoms in total. The fraction of sp³-hybridized carbons (Fsp3) is 0.263. The van der Waals surface area contributed by atoms with Gasteiger partial charge in [-0.1, -0.05) is 24.3 Å². The molecule has 2 aromatic carbocycles. The third-order valence-corrected chi connectivity index (χ3v) is 5.25. The van der Waals surface area contributed by atoms with Gasteiger partial charge < -0.3 is 15.4 Å². The minimum Gasteiger partial charge on any atom is -0.497 e. The Labute approximate surface area is 151 Å². The summed E-state index contributed by atoms with van der Waals surface area (Å²) in [6.45, 7) is 0.542. The number of fused-ring (bicyclic) bond motifs is 1. The smallest absolute Gasteiger partial charge is 0.238 e. The fourth-order valence-corrected chi connectivity index (χ4v) is 3.72. The highest BCUT2D eigenvalue weighted by Gasteiger charge is 2.28. The van der Waals surface area contributed by atoms with Crippen LogP contribution >= 0.6 is 11.8 Å². The van der Waals surface area contributed by atoms with Crippen molar-refractivity contribution in [2.24, 2.45) is 0 Å². The molecule has 1 heterocycles. The highest BCUT2D eigenvalue weighted by atomic mass is 32.2. The number of anilines is 1. The van der Waals surface area contributed by atoms with Gasteiger partial charge >= 0.3 is 0 Å². The van der Waals surface area contributed by atoms with Crippen LogP contribution in [0.25, 0.3) is 0 Å². The monoisotopic (exact) mass is 356 g/mol. The zero-order chi connectivity index (χ0) is 17.6. The minimum atomic E-state index is -0.393. The van der Waals surface area contributed by atoms with Crippen molar-refractivity contribution >= 4 is 29.3 Å². The van der Waals surface area contributed by atoms with Gasteiger partial charge in [-0.3, -0.25) is 9.59 Å². The molecule has 0 aromatic heterocycles. The van der Waals surface area contributed by atoms with Crippen molar-refractivity contribution in [3.05, 3.63) is 54.1 Å². The van der Waals surface area contributed by atoms with Crippen LogP contribution in [0.2, 0.25) is 0 Å². The van der Waals surface area contributed by atoms with Gasteiger partial charge in [-0.2, -0.15) is 0 Å². The summed E-state index contributed by atoms with van der Waals surface area (Å²) < 4.78 is 5.12. The van der Waals surface area contributed by atoms with Gasteiger partial charge in [0, 0.05) is 17.9 Å². The van der Waals surface area contributed by atoms with Crippen LogP contribution in [0.4, 0.5) is 5.69 Å². The molecule has 1 aliphatic heterocycles. The maximum absolute atomic E-state index is 12.1. The lowest BCUT2D eigenvalue weighted by molar-refractivity contribution is -0.124.